The van der Waals surface area contributed by atoms with Crippen LogP contribution in [-0.2, 0) is 14.8 Å². The predicted octanol–water partition coefficient (Wildman–Crippen LogP) is 2.56. The van der Waals surface area contributed by atoms with Gasteiger partial charge in [0.1, 0.15) is 11.4 Å². The molecule has 18 heavy (non-hydrogen) atoms. The lowest BCUT2D eigenvalue weighted by atomic mass is 10.4. The van der Waals surface area contributed by atoms with E-state index in [4.69, 9.17) is 34.8 Å². The van der Waals surface area contributed by atoms with E-state index in [1.807, 2.05) is 0 Å². The average Bonchev–Trinajstić information content (AvgIpc) is 2.26. The predicted molar refractivity (Wildman–Crippen MR) is 68.6 cm³/mol. The second-order valence-corrected chi connectivity index (χ2v) is 6.44. The molecule has 0 atom stereocenters. The maximum atomic E-state index is 11.7. The maximum absolute atomic E-state index is 11.7. The van der Waals surface area contributed by atoms with Crippen molar-refractivity contribution in [3.8, 4) is 0 Å². The largest absolute Gasteiger partial charge is 0.446 e. The number of halogens is 3. The van der Waals surface area contributed by atoms with Gasteiger partial charge < -0.3 is 4.74 Å². The topological polar surface area (TPSA) is 72.5 Å². The van der Waals surface area contributed by atoms with Crippen molar-refractivity contribution >= 4 is 50.9 Å². The first-order chi connectivity index (χ1) is 8.31. The maximum Gasteiger partial charge on any atom is 0.421 e. The van der Waals surface area contributed by atoms with Crippen molar-refractivity contribution in [3.63, 3.8) is 0 Å². The summed E-state index contributed by atoms with van der Waals surface area (Å²) in [6, 6.07) is 5.28. The Morgan fingerprint density at radius 3 is 2.33 bits per heavy atom. The van der Waals surface area contributed by atoms with E-state index in [1.54, 1.807) is 4.72 Å². The molecule has 0 unspecified atom stereocenters. The zero-order chi connectivity index (χ0) is 13.8. The van der Waals surface area contributed by atoms with Gasteiger partial charge in [0.15, 0.2) is 0 Å². The molecule has 1 N–H and O–H groups in total. The second-order valence-electron chi connectivity index (χ2n) is 3.05. The third-order valence-corrected chi connectivity index (χ3v) is 3.51. The lowest BCUT2D eigenvalue weighted by Crippen LogP contribution is -2.32. The number of hydrogen-bond donors (Lipinski definition) is 1. The molecule has 1 aromatic rings. The fourth-order valence-corrected chi connectivity index (χ4v) is 2.09. The third kappa shape index (κ3) is 4.89. The van der Waals surface area contributed by atoms with Crippen molar-refractivity contribution in [2.45, 2.75) is 9.73 Å². The normalized spacial score (nSPS) is 11.3. The molecule has 0 heterocycles. The molecule has 0 spiro atoms. The number of carbonyl (C=O) groups is 1. The standard InChI is InChI=1S/C9H8Cl3NO4S/c10-6-1-3-7(4-2-6)18(15,16)13-9(14)17-5-8(11)12/h1-4,8H,5H2,(H,13,14). The lowest BCUT2D eigenvalue weighted by Gasteiger charge is -2.08. The molecule has 9 heteroatoms. The zero-order valence-electron chi connectivity index (χ0n) is 8.77. The van der Waals surface area contributed by atoms with Crippen LogP contribution in [0.15, 0.2) is 29.2 Å². The van der Waals surface area contributed by atoms with Crippen LogP contribution in [0.4, 0.5) is 4.79 Å². The number of nitrogens with one attached hydrogen (secondary N) is 1. The molecular weight excluding hydrogens is 325 g/mol. The van der Waals surface area contributed by atoms with Crippen LogP contribution >= 0.6 is 34.8 Å². The Hall–Kier alpha value is -0.690. The molecule has 0 radical (unpaired) electrons. The Morgan fingerprint density at radius 2 is 1.83 bits per heavy atom. The van der Waals surface area contributed by atoms with Crippen molar-refractivity contribution in [1.29, 1.82) is 0 Å². The minimum Gasteiger partial charge on any atom is -0.446 e. The summed E-state index contributed by atoms with van der Waals surface area (Å²) in [7, 11) is -3.99. The fourth-order valence-electron chi connectivity index (χ4n) is 0.951. The number of sulfonamides is 1. The Balaban J connectivity index is 2.70. The van der Waals surface area contributed by atoms with Crippen molar-refractivity contribution in [2.24, 2.45) is 0 Å². The summed E-state index contributed by atoms with van der Waals surface area (Å²) >= 11 is 16.3. The summed E-state index contributed by atoms with van der Waals surface area (Å²) in [6.07, 6.45) is -1.16. The molecular formula is C9H8Cl3NO4S. The SMILES string of the molecule is O=C(NS(=O)(=O)c1ccc(Cl)cc1)OCC(Cl)Cl. The summed E-state index contributed by atoms with van der Waals surface area (Å²) in [5, 5.41) is 0.378. The van der Waals surface area contributed by atoms with Crippen LogP contribution < -0.4 is 4.72 Å². The molecule has 1 amide bonds. The summed E-state index contributed by atoms with van der Waals surface area (Å²) in [6.45, 7) is -0.314. The van der Waals surface area contributed by atoms with Crippen molar-refractivity contribution in [1.82, 2.24) is 4.72 Å². The highest BCUT2D eigenvalue weighted by molar-refractivity contribution is 7.90. The summed E-state index contributed by atoms with van der Waals surface area (Å²) in [5.74, 6) is 0. The van der Waals surface area contributed by atoms with Crippen LogP contribution in [0.2, 0.25) is 5.02 Å². The van der Waals surface area contributed by atoms with Crippen molar-refractivity contribution < 1.29 is 17.9 Å². The molecule has 0 aliphatic heterocycles. The number of ether oxygens (including phenoxy) is 1. The number of alkyl halides is 2. The van der Waals surface area contributed by atoms with Gasteiger partial charge in [-0.15, -0.1) is 23.2 Å². The minimum absolute atomic E-state index is 0.114. The van der Waals surface area contributed by atoms with Gasteiger partial charge >= 0.3 is 6.09 Å². The second kappa shape index (κ2) is 6.47. The number of hydrogen-bond acceptors (Lipinski definition) is 4. The Labute approximate surface area is 119 Å². The summed E-state index contributed by atoms with van der Waals surface area (Å²) < 4.78 is 29.5. The van der Waals surface area contributed by atoms with E-state index in [9.17, 15) is 13.2 Å². The molecule has 0 aliphatic carbocycles. The first kappa shape index (κ1) is 15.4. The fraction of sp³-hybridized carbons (Fsp3) is 0.222. The van der Waals surface area contributed by atoms with Gasteiger partial charge in [-0.2, -0.15) is 0 Å². The minimum atomic E-state index is -3.99. The van der Waals surface area contributed by atoms with E-state index >= 15 is 0 Å². The van der Waals surface area contributed by atoms with Crippen LogP contribution in [0.25, 0.3) is 0 Å². The molecule has 0 saturated heterocycles. The van der Waals surface area contributed by atoms with Crippen molar-refractivity contribution in [2.75, 3.05) is 6.61 Å². The Bertz CT molecular complexity index is 515. The highest BCUT2D eigenvalue weighted by Crippen LogP contribution is 2.13. The third-order valence-electron chi connectivity index (χ3n) is 1.68. The number of rotatable bonds is 4. The van der Waals surface area contributed by atoms with E-state index in [1.165, 1.54) is 24.3 Å². The van der Waals surface area contributed by atoms with Gasteiger partial charge in [-0.05, 0) is 24.3 Å². The smallest absolute Gasteiger partial charge is 0.421 e. The van der Waals surface area contributed by atoms with E-state index < -0.39 is 21.0 Å². The first-order valence-electron chi connectivity index (χ1n) is 4.54. The van der Waals surface area contributed by atoms with Gasteiger partial charge in [-0.3, -0.25) is 0 Å². The quantitative estimate of drug-likeness (QED) is 0.860. The lowest BCUT2D eigenvalue weighted by molar-refractivity contribution is 0.157. The number of benzene rings is 1. The molecule has 0 fully saturated rings. The van der Waals surface area contributed by atoms with Crippen LogP contribution in [0, 0.1) is 0 Å². The monoisotopic (exact) mass is 331 g/mol. The number of carbonyl (C=O) groups excluding carboxylic acids is 1. The van der Waals surface area contributed by atoms with Gasteiger partial charge in [0, 0.05) is 5.02 Å². The van der Waals surface area contributed by atoms with Crippen LogP contribution in [-0.4, -0.2) is 26.0 Å². The molecule has 0 aliphatic rings. The van der Waals surface area contributed by atoms with E-state index in [-0.39, 0.29) is 11.5 Å². The summed E-state index contributed by atoms with van der Waals surface area (Å²) in [4.78, 5) is 10.1. The molecule has 1 rings (SSSR count). The van der Waals surface area contributed by atoms with Crippen LogP contribution in [0.5, 0.6) is 0 Å². The highest BCUT2D eigenvalue weighted by Gasteiger charge is 2.18. The van der Waals surface area contributed by atoms with Crippen LogP contribution in [0.1, 0.15) is 0 Å². The van der Waals surface area contributed by atoms with Crippen LogP contribution in [0.3, 0.4) is 0 Å². The molecule has 0 saturated carbocycles. The Kier molecular flexibility index (Phi) is 5.52. The molecule has 0 aromatic heterocycles. The molecule has 100 valence electrons. The highest BCUT2D eigenvalue weighted by atomic mass is 35.5. The van der Waals surface area contributed by atoms with E-state index in [0.29, 0.717) is 5.02 Å². The van der Waals surface area contributed by atoms with Gasteiger partial charge in [-0.25, -0.2) is 17.9 Å². The van der Waals surface area contributed by atoms with E-state index in [0.717, 1.165) is 0 Å². The molecule has 1 aromatic carbocycles. The van der Waals surface area contributed by atoms with Gasteiger partial charge in [-0.1, -0.05) is 11.6 Å². The van der Waals surface area contributed by atoms with Crippen molar-refractivity contribution in [3.05, 3.63) is 29.3 Å². The van der Waals surface area contributed by atoms with Gasteiger partial charge in [0.05, 0.1) is 4.90 Å². The van der Waals surface area contributed by atoms with E-state index in [2.05, 4.69) is 4.74 Å². The first-order valence-corrected chi connectivity index (χ1v) is 7.28. The zero-order valence-corrected chi connectivity index (χ0v) is 11.9. The average molecular weight is 333 g/mol. The molecule has 0 bridgehead atoms. The summed E-state index contributed by atoms with van der Waals surface area (Å²) in [5.41, 5.74) is 0. The van der Waals surface area contributed by atoms with Gasteiger partial charge in [0.25, 0.3) is 10.0 Å². The Morgan fingerprint density at radius 1 is 1.28 bits per heavy atom. The number of amides is 1. The molecule has 5 nitrogen and oxygen atoms in total. The van der Waals surface area contributed by atoms with Gasteiger partial charge in [0.2, 0.25) is 0 Å².